The summed E-state index contributed by atoms with van der Waals surface area (Å²) in [6.07, 6.45) is 9.39. The third kappa shape index (κ3) is 14.2. The minimum atomic E-state index is 0.241. The summed E-state index contributed by atoms with van der Waals surface area (Å²) < 4.78 is 11.0. The Kier molecular flexibility index (Phi) is 14.6. The van der Waals surface area contributed by atoms with Gasteiger partial charge in [0.1, 0.15) is 0 Å². The van der Waals surface area contributed by atoms with Crippen molar-refractivity contribution in [3.8, 4) is 0 Å². The van der Waals surface area contributed by atoms with E-state index in [2.05, 4.69) is 19.6 Å². The van der Waals surface area contributed by atoms with Crippen LogP contribution in [0.5, 0.6) is 0 Å². The van der Waals surface area contributed by atoms with Gasteiger partial charge in [-0.25, -0.2) is 0 Å². The molecule has 0 aliphatic heterocycles. The van der Waals surface area contributed by atoms with Gasteiger partial charge in [0, 0.05) is 13.2 Å². The summed E-state index contributed by atoms with van der Waals surface area (Å²) in [4.78, 5) is 0. The number of hydrogen-bond donors (Lipinski definition) is 1. The first kappa shape index (κ1) is 17.3. The summed E-state index contributed by atoms with van der Waals surface area (Å²) in [5.41, 5.74) is 0. The number of ether oxygens (including phenoxy) is 2. The first-order chi connectivity index (χ1) is 8.31. The van der Waals surface area contributed by atoms with Gasteiger partial charge in [-0.1, -0.05) is 32.1 Å². The fraction of sp³-hybridized carbons (Fsp3) is 1.00. The van der Waals surface area contributed by atoms with E-state index in [1.165, 1.54) is 44.9 Å². The zero-order chi connectivity index (χ0) is 12.8. The molecule has 17 heavy (non-hydrogen) atoms. The van der Waals surface area contributed by atoms with E-state index in [1.54, 1.807) is 0 Å². The first-order valence-corrected chi connectivity index (χ1v) is 7.74. The van der Waals surface area contributed by atoms with Crippen LogP contribution in [0.2, 0.25) is 0 Å². The average Bonchev–Trinajstić information content (AvgIpc) is 2.34. The number of hydrogen-bond acceptors (Lipinski definition) is 3. The lowest BCUT2D eigenvalue weighted by Gasteiger charge is -2.12. The molecule has 0 fully saturated rings. The number of thiol groups is 1. The third-order valence-corrected chi connectivity index (χ3v) is 3.08. The first-order valence-electron chi connectivity index (χ1n) is 7.11. The van der Waals surface area contributed by atoms with Crippen molar-refractivity contribution >= 4 is 12.6 Å². The molecule has 0 aromatic heterocycles. The van der Waals surface area contributed by atoms with Crippen LogP contribution in [0.15, 0.2) is 0 Å². The molecule has 1 unspecified atom stereocenters. The normalized spacial score (nSPS) is 12.9. The standard InChI is InChI=1S/C14H30O2S/c1-3-15-13-14(2)16-11-9-7-5-4-6-8-10-12-17/h14,17H,3-13H2,1-2H3. The van der Waals surface area contributed by atoms with E-state index in [0.29, 0.717) is 0 Å². The molecule has 0 saturated heterocycles. The molecule has 0 amide bonds. The summed E-state index contributed by atoms with van der Waals surface area (Å²) in [7, 11) is 0. The van der Waals surface area contributed by atoms with Gasteiger partial charge in [0.25, 0.3) is 0 Å². The van der Waals surface area contributed by atoms with E-state index in [0.717, 1.165) is 25.6 Å². The van der Waals surface area contributed by atoms with Crippen LogP contribution in [0, 0.1) is 0 Å². The Balaban J connectivity index is 3.02. The van der Waals surface area contributed by atoms with Crippen LogP contribution >= 0.6 is 12.6 Å². The topological polar surface area (TPSA) is 18.5 Å². The minimum absolute atomic E-state index is 0.241. The third-order valence-electron chi connectivity index (χ3n) is 2.76. The second-order valence-electron chi connectivity index (χ2n) is 4.54. The van der Waals surface area contributed by atoms with E-state index in [-0.39, 0.29) is 6.10 Å². The van der Waals surface area contributed by atoms with Gasteiger partial charge >= 0.3 is 0 Å². The molecule has 0 spiro atoms. The molecule has 3 heteroatoms. The molecular weight excluding hydrogens is 232 g/mol. The molecule has 0 aliphatic rings. The van der Waals surface area contributed by atoms with Crippen molar-refractivity contribution in [3.63, 3.8) is 0 Å². The lowest BCUT2D eigenvalue weighted by atomic mass is 10.1. The highest BCUT2D eigenvalue weighted by atomic mass is 32.1. The number of rotatable bonds is 13. The second kappa shape index (κ2) is 14.3. The Morgan fingerprint density at radius 3 is 2.12 bits per heavy atom. The summed E-state index contributed by atoms with van der Waals surface area (Å²) in [5.74, 6) is 1.03. The van der Waals surface area contributed by atoms with Crippen LogP contribution in [-0.2, 0) is 9.47 Å². The van der Waals surface area contributed by atoms with E-state index in [4.69, 9.17) is 9.47 Å². The maximum absolute atomic E-state index is 5.65. The molecule has 2 nitrogen and oxygen atoms in total. The van der Waals surface area contributed by atoms with Gasteiger partial charge in [0.15, 0.2) is 0 Å². The maximum Gasteiger partial charge on any atom is 0.0780 e. The average molecular weight is 262 g/mol. The van der Waals surface area contributed by atoms with Crippen molar-refractivity contribution in [2.24, 2.45) is 0 Å². The van der Waals surface area contributed by atoms with Crippen molar-refractivity contribution < 1.29 is 9.47 Å². The van der Waals surface area contributed by atoms with Gasteiger partial charge in [-0.05, 0) is 32.4 Å². The van der Waals surface area contributed by atoms with Crippen molar-refractivity contribution in [1.82, 2.24) is 0 Å². The highest BCUT2D eigenvalue weighted by Gasteiger charge is 2.00. The molecule has 0 saturated carbocycles. The summed E-state index contributed by atoms with van der Waals surface area (Å²) >= 11 is 4.21. The molecular formula is C14H30O2S. The fourth-order valence-electron chi connectivity index (χ4n) is 1.71. The molecule has 0 aromatic carbocycles. The Bertz CT molecular complexity index is 142. The lowest BCUT2D eigenvalue weighted by molar-refractivity contribution is -0.00458. The van der Waals surface area contributed by atoms with E-state index in [9.17, 15) is 0 Å². The molecule has 0 rings (SSSR count). The molecule has 0 heterocycles. The van der Waals surface area contributed by atoms with Crippen molar-refractivity contribution in [2.75, 3.05) is 25.6 Å². The van der Waals surface area contributed by atoms with Crippen molar-refractivity contribution in [1.29, 1.82) is 0 Å². The smallest absolute Gasteiger partial charge is 0.0780 e. The number of unbranched alkanes of at least 4 members (excludes halogenated alkanes) is 6. The Morgan fingerprint density at radius 2 is 1.53 bits per heavy atom. The Morgan fingerprint density at radius 1 is 0.941 bits per heavy atom. The Hall–Kier alpha value is 0.270. The van der Waals surface area contributed by atoms with E-state index >= 15 is 0 Å². The molecule has 0 radical (unpaired) electrons. The lowest BCUT2D eigenvalue weighted by Crippen LogP contribution is -2.16. The largest absolute Gasteiger partial charge is 0.379 e. The van der Waals surface area contributed by atoms with E-state index in [1.807, 2.05) is 6.92 Å². The van der Waals surface area contributed by atoms with Crippen LogP contribution in [0.3, 0.4) is 0 Å². The fourth-order valence-corrected chi connectivity index (χ4v) is 1.94. The van der Waals surface area contributed by atoms with Gasteiger partial charge < -0.3 is 9.47 Å². The van der Waals surface area contributed by atoms with Crippen molar-refractivity contribution in [2.45, 2.75) is 64.9 Å². The Labute approximate surface area is 113 Å². The summed E-state index contributed by atoms with van der Waals surface area (Å²) in [6, 6.07) is 0. The monoisotopic (exact) mass is 262 g/mol. The zero-order valence-corrected chi connectivity index (χ0v) is 12.5. The maximum atomic E-state index is 5.65. The van der Waals surface area contributed by atoms with Crippen LogP contribution in [0.1, 0.15) is 58.8 Å². The van der Waals surface area contributed by atoms with Crippen LogP contribution in [0.4, 0.5) is 0 Å². The van der Waals surface area contributed by atoms with Crippen molar-refractivity contribution in [3.05, 3.63) is 0 Å². The highest BCUT2D eigenvalue weighted by Crippen LogP contribution is 2.08. The van der Waals surface area contributed by atoms with Crippen LogP contribution in [0.25, 0.3) is 0 Å². The predicted molar refractivity (Wildman–Crippen MR) is 78.1 cm³/mol. The van der Waals surface area contributed by atoms with Gasteiger partial charge in [-0.3, -0.25) is 0 Å². The van der Waals surface area contributed by atoms with Gasteiger partial charge in [0.05, 0.1) is 12.7 Å². The molecule has 104 valence electrons. The highest BCUT2D eigenvalue weighted by molar-refractivity contribution is 7.80. The molecule has 0 bridgehead atoms. The summed E-state index contributed by atoms with van der Waals surface area (Å²) in [5, 5.41) is 0. The predicted octanol–water partition coefficient (Wildman–Crippen LogP) is 4.09. The van der Waals surface area contributed by atoms with Crippen LogP contribution < -0.4 is 0 Å². The van der Waals surface area contributed by atoms with Gasteiger partial charge in [0.2, 0.25) is 0 Å². The van der Waals surface area contributed by atoms with Gasteiger partial charge in [-0.2, -0.15) is 12.6 Å². The van der Waals surface area contributed by atoms with Gasteiger partial charge in [-0.15, -0.1) is 0 Å². The summed E-state index contributed by atoms with van der Waals surface area (Å²) in [6.45, 7) is 6.47. The molecule has 0 aromatic rings. The zero-order valence-electron chi connectivity index (χ0n) is 11.6. The second-order valence-corrected chi connectivity index (χ2v) is 4.99. The SMILES string of the molecule is CCOCC(C)OCCCCCCCCCS. The minimum Gasteiger partial charge on any atom is -0.379 e. The molecule has 0 N–H and O–H groups in total. The van der Waals surface area contributed by atoms with Crippen LogP contribution in [-0.4, -0.2) is 31.7 Å². The quantitative estimate of drug-likeness (QED) is 0.398. The molecule has 0 aliphatic carbocycles. The van der Waals surface area contributed by atoms with E-state index < -0.39 is 0 Å². The molecule has 1 atom stereocenters.